The molecule has 1 amide bonds. The lowest BCUT2D eigenvalue weighted by molar-refractivity contribution is -0.692. The summed E-state index contributed by atoms with van der Waals surface area (Å²) in [5, 5.41) is 5.42. The van der Waals surface area contributed by atoms with Crippen molar-refractivity contribution < 1.29 is 10.1 Å². The first-order valence-corrected chi connectivity index (χ1v) is 9.40. The summed E-state index contributed by atoms with van der Waals surface area (Å²) < 4.78 is 0. The Labute approximate surface area is 150 Å². The van der Waals surface area contributed by atoms with Gasteiger partial charge in [-0.15, -0.1) is 0 Å². The van der Waals surface area contributed by atoms with Crippen molar-refractivity contribution in [2.75, 3.05) is 6.54 Å². The van der Waals surface area contributed by atoms with E-state index in [0.717, 1.165) is 19.3 Å². The van der Waals surface area contributed by atoms with Gasteiger partial charge in [-0.2, -0.15) is 0 Å². The number of amides is 1. The largest absolute Gasteiger partial charge is 0.344 e. The second-order valence-electron chi connectivity index (χ2n) is 7.33. The molecule has 3 nitrogen and oxygen atoms in total. The lowest BCUT2D eigenvalue weighted by Gasteiger charge is -2.26. The Morgan fingerprint density at radius 3 is 2.60 bits per heavy atom. The molecule has 2 aromatic rings. The molecule has 3 N–H and O–H groups in total. The van der Waals surface area contributed by atoms with Gasteiger partial charge in [0.05, 0.1) is 6.04 Å². The van der Waals surface area contributed by atoms with Crippen LogP contribution in [0.1, 0.15) is 55.5 Å². The predicted molar refractivity (Wildman–Crippen MR) is 101 cm³/mol. The van der Waals surface area contributed by atoms with E-state index in [2.05, 4.69) is 73.0 Å². The van der Waals surface area contributed by atoms with Crippen molar-refractivity contribution in [1.82, 2.24) is 5.32 Å². The number of quaternary nitrogens is 1. The lowest BCUT2D eigenvalue weighted by Crippen LogP contribution is -2.88. The van der Waals surface area contributed by atoms with Gasteiger partial charge in [-0.1, -0.05) is 68.4 Å². The molecule has 2 aromatic carbocycles. The first-order chi connectivity index (χ1) is 12.1. The molecule has 0 fully saturated rings. The minimum Gasteiger partial charge on any atom is -0.344 e. The third-order valence-electron chi connectivity index (χ3n) is 5.16. The average Bonchev–Trinajstić information content (AvgIpc) is 2.63. The van der Waals surface area contributed by atoms with Crippen LogP contribution in [-0.4, -0.2) is 12.5 Å². The van der Waals surface area contributed by atoms with Gasteiger partial charge in [0.2, 0.25) is 0 Å². The number of nitrogens with two attached hydrogens (primary N) is 1. The van der Waals surface area contributed by atoms with Crippen LogP contribution in [0.3, 0.4) is 0 Å². The van der Waals surface area contributed by atoms with E-state index in [1.54, 1.807) is 0 Å². The number of benzene rings is 2. The summed E-state index contributed by atoms with van der Waals surface area (Å²) in [6, 6.07) is 19.4. The Morgan fingerprint density at radius 2 is 1.84 bits per heavy atom. The van der Waals surface area contributed by atoms with Crippen LogP contribution in [0.25, 0.3) is 0 Å². The van der Waals surface area contributed by atoms with Gasteiger partial charge in [0.25, 0.3) is 5.91 Å². The number of carbonyl (C=O) groups excluding carboxylic acids is 1. The molecule has 25 heavy (non-hydrogen) atoms. The van der Waals surface area contributed by atoms with E-state index in [1.807, 2.05) is 6.07 Å². The van der Waals surface area contributed by atoms with Gasteiger partial charge in [0, 0.05) is 11.5 Å². The maximum Gasteiger partial charge on any atom is 0.275 e. The zero-order valence-electron chi connectivity index (χ0n) is 15.2. The fraction of sp³-hybridized carbons (Fsp3) is 0.409. The number of nitrogens with one attached hydrogen (secondary N) is 1. The molecule has 0 saturated carbocycles. The molecule has 0 aromatic heterocycles. The van der Waals surface area contributed by atoms with E-state index in [0.29, 0.717) is 18.5 Å². The van der Waals surface area contributed by atoms with E-state index in [4.69, 9.17) is 0 Å². The van der Waals surface area contributed by atoms with Crippen molar-refractivity contribution in [2.45, 2.75) is 45.2 Å². The molecule has 0 unspecified atom stereocenters. The molecule has 2 atom stereocenters. The molecular weight excluding hydrogens is 308 g/mol. The van der Waals surface area contributed by atoms with Gasteiger partial charge in [-0.3, -0.25) is 4.79 Å². The predicted octanol–water partition coefficient (Wildman–Crippen LogP) is 3.14. The van der Waals surface area contributed by atoms with Gasteiger partial charge in [-0.25, -0.2) is 0 Å². The first-order valence-electron chi connectivity index (χ1n) is 9.40. The van der Waals surface area contributed by atoms with Crippen molar-refractivity contribution in [1.29, 1.82) is 0 Å². The fourth-order valence-electron chi connectivity index (χ4n) is 3.86. The zero-order valence-corrected chi connectivity index (χ0v) is 15.2. The maximum absolute atomic E-state index is 12.5. The normalized spacial score (nSPS) is 17.8. The van der Waals surface area contributed by atoms with Crippen LogP contribution in [0.4, 0.5) is 0 Å². The minimum absolute atomic E-state index is 0.128. The Balaban J connectivity index is 1.60. The van der Waals surface area contributed by atoms with Crippen LogP contribution in [0.15, 0.2) is 54.6 Å². The summed E-state index contributed by atoms with van der Waals surface area (Å²) in [7, 11) is 0. The molecule has 3 heteroatoms. The number of hydrogen-bond donors (Lipinski definition) is 2. The van der Waals surface area contributed by atoms with Crippen molar-refractivity contribution in [3.8, 4) is 0 Å². The maximum atomic E-state index is 12.5. The molecule has 0 bridgehead atoms. The third-order valence-corrected chi connectivity index (χ3v) is 5.16. The van der Waals surface area contributed by atoms with Crippen LogP contribution in [-0.2, 0) is 11.2 Å². The average molecular weight is 337 g/mol. The van der Waals surface area contributed by atoms with Gasteiger partial charge in [0.15, 0.2) is 6.54 Å². The molecule has 1 aliphatic carbocycles. The van der Waals surface area contributed by atoms with Gasteiger partial charge >= 0.3 is 0 Å². The lowest BCUT2D eigenvalue weighted by atomic mass is 9.88. The minimum atomic E-state index is 0.128. The molecule has 132 valence electrons. The molecular formula is C22H29N2O+. The Morgan fingerprint density at radius 1 is 1.12 bits per heavy atom. The highest BCUT2D eigenvalue weighted by atomic mass is 16.2. The summed E-state index contributed by atoms with van der Waals surface area (Å²) in [6.45, 7) is 4.89. The van der Waals surface area contributed by atoms with Crippen molar-refractivity contribution >= 4 is 5.91 Å². The zero-order chi connectivity index (χ0) is 17.6. The van der Waals surface area contributed by atoms with Crippen LogP contribution in [0.2, 0.25) is 0 Å². The quantitative estimate of drug-likeness (QED) is 0.836. The van der Waals surface area contributed by atoms with E-state index >= 15 is 0 Å². The summed E-state index contributed by atoms with van der Waals surface area (Å²) in [4.78, 5) is 12.5. The highest BCUT2D eigenvalue weighted by molar-refractivity contribution is 5.77. The van der Waals surface area contributed by atoms with Crippen LogP contribution < -0.4 is 10.6 Å². The van der Waals surface area contributed by atoms with Crippen molar-refractivity contribution in [3.05, 3.63) is 71.3 Å². The number of fused-ring (bicyclic) bond motifs is 1. The molecule has 0 radical (unpaired) electrons. The monoisotopic (exact) mass is 337 g/mol. The molecule has 3 rings (SSSR count). The standard InChI is InChI=1S/C22H28N2O/c1-16(2)22(18-10-4-3-5-11-18)23-15-21(25)24-20-14-8-12-17-9-6-7-13-19(17)20/h3-7,9-11,13,16,20,22-23H,8,12,14-15H2,1-2H3,(H,24,25)/p+1/t20-,22-/m1/s1. The fourth-order valence-corrected chi connectivity index (χ4v) is 3.86. The molecule has 0 heterocycles. The Hall–Kier alpha value is -2.13. The summed E-state index contributed by atoms with van der Waals surface area (Å²) >= 11 is 0. The van der Waals surface area contributed by atoms with Crippen molar-refractivity contribution in [2.24, 2.45) is 5.92 Å². The van der Waals surface area contributed by atoms with Gasteiger partial charge in [-0.05, 0) is 30.4 Å². The first kappa shape index (κ1) is 17.7. The second-order valence-corrected chi connectivity index (χ2v) is 7.33. The topological polar surface area (TPSA) is 45.7 Å². The second kappa shape index (κ2) is 8.30. The highest BCUT2D eigenvalue weighted by Gasteiger charge is 2.24. The highest BCUT2D eigenvalue weighted by Crippen LogP contribution is 2.29. The molecule has 0 aliphatic heterocycles. The number of aryl methyl sites for hydroxylation is 1. The van der Waals surface area contributed by atoms with Crippen LogP contribution in [0.5, 0.6) is 0 Å². The molecule has 0 spiro atoms. The summed E-state index contributed by atoms with van der Waals surface area (Å²) in [5.74, 6) is 0.605. The van der Waals surface area contributed by atoms with Crippen molar-refractivity contribution in [3.63, 3.8) is 0 Å². The van der Waals surface area contributed by atoms with E-state index in [-0.39, 0.29) is 11.9 Å². The number of rotatable bonds is 6. The van der Waals surface area contributed by atoms with Gasteiger partial charge < -0.3 is 10.6 Å². The SMILES string of the molecule is CC(C)[C@@H]([NH2+]CC(=O)N[C@@H]1CCCc2ccccc21)c1ccccc1. The summed E-state index contributed by atoms with van der Waals surface area (Å²) in [6.07, 6.45) is 3.30. The van der Waals surface area contributed by atoms with E-state index < -0.39 is 0 Å². The van der Waals surface area contributed by atoms with Gasteiger partial charge in [0.1, 0.15) is 6.04 Å². The van der Waals surface area contributed by atoms with Crippen LogP contribution in [0, 0.1) is 5.92 Å². The smallest absolute Gasteiger partial charge is 0.275 e. The van der Waals surface area contributed by atoms with Crippen LogP contribution >= 0.6 is 0 Å². The Bertz CT molecular complexity index is 696. The molecule has 1 aliphatic rings. The summed E-state index contributed by atoms with van der Waals surface area (Å²) in [5.41, 5.74) is 3.96. The van der Waals surface area contributed by atoms with E-state index in [9.17, 15) is 4.79 Å². The third kappa shape index (κ3) is 4.49. The molecule has 0 saturated heterocycles. The van der Waals surface area contributed by atoms with E-state index in [1.165, 1.54) is 16.7 Å². The number of carbonyl (C=O) groups is 1. The number of hydrogen-bond acceptors (Lipinski definition) is 1. The Kier molecular flexibility index (Phi) is 5.87.